The third kappa shape index (κ3) is 2.24. The summed E-state index contributed by atoms with van der Waals surface area (Å²) in [5, 5.41) is 10.4. The summed E-state index contributed by atoms with van der Waals surface area (Å²) in [6.45, 7) is 7.89. The monoisotopic (exact) mass is 233 g/mol. The lowest BCUT2D eigenvalue weighted by molar-refractivity contribution is 0.000280. The van der Waals surface area contributed by atoms with Crippen LogP contribution >= 0.6 is 0 Å². The normalized spacial score (nSPS) is 24.8. The highest BCUT2D eigenvalue weighted by Gasteiger charge is 2.46. The van der Waals surface area contributed by atoms with Crippen LogP contribution in [0.1, 0.15) is 44.7 Å². The van der Waals surface area contributed by atoms with Crippen molar-refractivity contribution in [1.82, 2.24) is 0 Å². The summed E-state index contributed by atoms with van der Waals surface area (Å²) in [5.74, 6) is 0.415. The smallest absolute Gasteiger partial charge is 0.0629 e. The Labute approximate surface area is 104 Å². The van der Waals surface area contributed by atoms with Crippen molar-refractivity contribution in [2.24, 2.45) is 11.7 Å². The van der Waals surface area contributed by atoms with Gasteiger partial charge in [0, 0.05) is 11.5 Å². The fourth-order valence-electron chi connectivity index (χ4n) is 3.17. The second-order valence-corrected chi connectivity index (χ2v) is 6.46. The van der Waals surface area contributed by atoms with Gasteiger partial charge in [0.15, 0.2) is 0 Å². The predicted octanol–water partition coefficient (Wildman–Crippen LogP) is 2.45. The largest absolute Gasteiger partial charge is 0.390 e. The lowest BCUT2D eigenvalue weighted by atomic mass is 9.72. The van der Waals surface area contributed by atoms with Gasteiger partial charge in [-0.05, 0) is 51.2 Å². The van der Waals surface area contributed by atoms with E-state index in [9.17, 15) is 5.11 Å². The molecule has 0 spiro atoms. The molecule has 0 heterocycles. The van der Waals surface area contributed by atoms with E-state index in [1.54, 1.807) is 0 Å². The third-order valence-corrected chi connectivity index (χ3v) is 3.94. The van der Waals surface area contributed by atoms with Gasteiger partial charge in [0.1, 0.15) is 0 Å². The van der Waals surface area contributed by atoms with E-state index in [1.165, 1.54) is 11.1 Å². The molecule has 17 heavy (non-hydrogen) atoms. The van der Waals surface area contributed by atoms with Gasteiger partial charge in [-0.15, -0.1) is 0 Å². The van der Waals surface area contributed by atoms with E-state index >= 15 is 0 Å². The number of fused-ring (bicyclic) bond motifs is 1. The zero-order chi connectivity index (χ0) is 12.8. The minimum Gasteiger partial charge on any atom is -0.390 e. The molecule has 0 amide bonds. The van der Waals surface area contributed by atoms with Gasteiger partial charge < -0.3 is 10.8 Å². The summed E-state index contributed by atoms with van der Waals surface area (Å²) >= 11 is 0. The van der Waals surface area contributed by atoms with E-state index in [0.717, 1.165) is 6.42 Å². The van der Waals surface area contributed by atoms with Gasteiger partial charge in [-0.25, -0.2) is 0 Å². The molecule has 2 heteroatoms. The van der Waals surface area contributed by atoms with Crippen molar-refractivity contribution in [2.75, 3.05) is 0 Å². The summed E-state index contributed by atoms with van der Waals surface area (Å²) in [5.41, 5.74) is 7.98. The highest BCUT2D eigenvalue weighted by Crippen LogP contribution is 2.47. The first-order chi connectivity index (χ1) is 7.71. The van der Waals surface area contributed by atoms with Gasteiger partial charge in [-0.3, -0.25) is 0 Å². The average molecular weight is 233 g/mol. The SMILES string of the molecule is CC(C)(N)[C@H]1c2ccccc2C[C@H]1C(C)(C)O. The molecule has 1 aromatic carbocycles. The third-order valence-electron chi connectivity index (χ3n) is 3.94. The molecule has 0 bridgehead atoms. The van der Waals surface area contributed by atoms with E-state index in [4.69, 9.17) is 5.73 Å². The van der Waals surface area contributed by atoms with E-state index < -0.39 is 5.60 Å². The standard InChI is InChI=1S/C15H23NO/c1-14(2,16)13-11-8-6-5-7-10(11)9-12(13)15(3,4)17/h5-8,12-13,17H,9,16H2,1-4H3/t12-,13+/m1/s1. The van der Waals surface area contributed by atoms with Gasteiger partial charge in [-0.2, -0.15) is 0 Å². The minimum atomic E-state index is -0.694. The summed E-state index contributed by atoms with van der Waals surface area (Å²) < 4.78 is 0. The van der Waals surface area contributed by atoms with Crippen molar-refractivity contribution in [3.8, 4) is 0 Å². The molecule has 0 aromatic heterocycles. The molecule has 1 aliphatic rings. The molecule has 1 aliphatic carbocycles. The molecule has 0 radical (unpaired) electrons. The van der Waals surface area contributed by atoms with Gasteiger partial charge >= 0.3 is 0 Å². The van der Waals surface area contributed by atoms with E-state index in [0.29, 0.717) is 0 Å². The predicted molar refractivity (Wildman–Crippen MR) is 70.9 cm³/mol. The van der Waals surface area contributed by atoms with Crippen molar-refractivity contribution >= 4 is 0 Å². The van der Waals surface area contributed by atoms with Crippen LogP contribution in [0.2, 0.25) is 0 Å². The summed E-state index contributed by atoms with van der Waals surface area (Å²) in [6.07, 6.45) is 0.922. The average Bonchev–Trinajstić information content (AvgIpc) is 2.54. The number of benzene rings is 1. The van der Waals surface area contributed by atoms with Gasteiger partial charge in [0.2, 0.25) is 0 Å². The van der Waals surface area contributed by atoms with Crippen LogP contribution in [0, 0.1) is 5.92 Å². The van der Waals surface area contributed by atoms with Crippen molar-refractivity contribution in [1.29, 1.82) is 0 Å². The Morgan fingerprint density at radius 1 is 1.18 bits per heavy atom. The van der Waals surface area contributed by atoms with E-state index in [1.807, 2.05) is 13.8 Å². The first-order valence-electron chi connectivity index (χ1n) is 6.30. The molecular formula is C15H23NO. The van der Waals surface area contributed by atoms with Crippen LogP contribution in [0.4, 0.5) is 0 Å². The maximum absolute atomic E-state index is 10.4. The second-order valence-electron chi connectivity index (χ2n) is 6.46. The van der Waals surface area contributed by atoms with Gasteiger partial charge in [0.05, 0.1) is 5.60 Å². The van der Waals surface area contributed by atoms with Crippen LogP contribution < -0.4 is 5.73 Å². The zero-order valence-corrected chi connectivity index (χ0v) is 11.2. The maximum Gasteiger partial charge on any atom is 0.0629 e. The van der Waals surface area contributed by atoms with Crippen molar-refractivity contribution < 1.29 is 5.11 Å². The fourth-order valence-corrected chi connectivity index (χ4v) is 3.17. The molecule has 0 fully saturated rings. The molecular weight excluding hydrogens is 210 g/mol. The van der Waals surface area contributed by atoms with E-state index in [-0.39, 0.29) is 17.4 Å². The Balaban J connectivity index is 2.48. The second kappa shape index (κ2) is 3.82. The molecule has 2 atom stereocenters. The number of hydrogen-bond acceptors (Lipinski definition) is 2. The topological polar surface area (TPSA) is 46.2 Å². The summed E-state index contributed by atoms with van der Waals surface area (Å²) in [4.78, 5) is 0. The molecule has 0 aliphatic heterocycles. The van der Waals surface area contributed by atoms with Crippen molar-refractivity contribution in [3.05, 3.63) is 35.4 Å². The lowest BCUT2D eigenvalue weighted by Crippen LogP contribution is -2.47. The number of hydrogen-bond donors (Lipinski definition) is 2. The Hall–Kier alpha value is -0.860. The molecule has 94 valence electrons. The minimum absolute atomic E-state index is 0.194. The molecule has 2 nitrogen and oxygen atoms in total. The Morgan fingerprint density at radius 2 is 1.76 bits per heavy atom. The van der Waals surface area contributed by atoms with Gasteiger partial charge in [-0.1, -0.05) is 24.3 Å². The highest BCUT2D eigenvalue weighted by molar-refractivity contribution is 5.39. The molecule has 0 unspecified atom stereocenters. The fraction of sp³-hybridized carbons (Fsp3) is 0.600. The first kappa shape index (κ1) is 12.6. The molecule has 2 rings (SSSR count). The van der Waals surface area contributed by atoms with Crippen LogP contribution in [0.25, 0.3) is 0 Å². The first-order valence-corrected chi connectivity index (χ1v) is 6.30. The maximum atomic E-state index is 10.4. The summed E-state index contributed by atoms with van der Waals surface area (Å²) in [6, 6.07) is 8.43. The van der Waals surface area contributed by atoms with E-state index in [2.05, 4.69) is 38.1 Å². The molecule has 0 saturated carbocycles. The van der Waals surface area contributed by atoms with Crippen molar-refractivity contribution in [3.63, 3.8) is 0 Å². The number of rotatable bonds is 2. The Kier molecular flexibility index (Phi) is 2.83. The van der Waals surface area contributed by atoms with Crippen molar-refractivity contribution in [2.45, 2.75) is 51.2 Å². The van der Waals surface area contributed by atoms with Crippen LogP contribution in [-0.4, -0.2) is 16.2 Å². The van der Waals surface area contributed by atoms with Crippen LogP contribution in [-0.2, 0) is 6.42 Å². The lowest BCUT2D eigenvalue weighted by Gasteiger charge is -2.38. The van der Waals surface area contributed by atoms with Crippen LogP contribution in [0.15, 0.2) is 24.3 Å². The highest BCUT2D eigenvalue weighted by atomic mass is 16.3. The van der Waals surface area contributed by atoms with Gasteiger partial charge in [0.25, 0.3) is 0 Å². The van der Waals surface area contributed by atoms with Crippen LogP contribution in [0.5, 0.6) is 0 Å². The summed E-state index contributed by atoms with van der Waals surface area (Å²) in [7, 11) is 0. The Morgan fingerprint density at radius 3 is 2.29 bits per heavy atom. The molecule has 1 aromatic rings. The Bertz CT molecular complexity index is 412. The number of nitrogens with two attached hydrogens (primary N) is 1. The molecule has 0 saturated heterocycles. The zero-order valence-electron chi connectivity index (χ0n) is 11.2. The quantitative estimate of drug-likeness (QED) is 0.824. The number of aliphatic hydroxyl groups is 1. The molecule has 3 N–H and O–H groups in total. The van der Waals surface area contributed by atoms with Crippen LogP contribution in [0.3, 0.4) is 0 Å².